The van der Waals surface area contributed by atoms with Gasteiger partial charge in [0.2, 0.25) is 0 Å². The standard InChI is InChI=1S/C23H25NO6/c1-3-27-19-8-4-17(5-9-19)6-11-23(26)30-15-22(25)24-16(2)18-7-10-20-21(14-18)29-13-12-28-20/h4-11,14,16H,3,12-13,15H2,1-2H3,(H,24,25)/b11-6+/t16-/m0/s1. The summed E-state index contributed by atoms with van der Waals surface area (Å²) < 4.78 is 21.4. The fourth-order valence-corrected chi connectivity index (χ4v) is 2.89. The van der Waals surface area contributed by atoms with Crippen LogP contribution in [0.5, 0.6) is 17.2 Å². The van der Waals surface area contributed by atoms with Gasteiger partial charge in [0.05, 0.1) is 12.6 Å². The molecule has 7 heteroatoms. The van der Waals surface area contributed by atoms with Crippen LogP contribution in [0.2, 0.25) is 0 Å². The molecule has 2 aromatic carbocycles. The summed E-state index contributed by atoms with van der Waals surface area (Å²) in [5.74, 6) is 1.13. The lowest BCUT2D eigenvalue weighted by molar-refractivity contribution is -0.144. The van der Waals surface area contributed by atoms with Crippen LogP contribution in [-0.2, 0) is 14.3 Å². The summed E-state index contributed by atoms with van der Waals surface area (Å²) in [4.78, 5) is 24.0. The van der Waals surface area contributed by atoms with Crippen molar-refractivity contribution in [1.29, 1.82) is 0 Å². The molecule has 1 N–H and O–H groups in total. The van der Waals surface area contributed by atoms with Gasteiger partial charge in [0.15, 0.2) is 18.1 Å². The van der Waals surface area contributed by atoms with Gasteiger partial charge in [-0.05, 0) is 55.3 Å². The third-order valence-electron chi connectivity index (χ3n) is 4.39. The van der Waals surface area contributed by atoms with Crippen LogP contribution in [0.3, 0.4) is 0 Å². The Kier molecular flexibility index (Phi) is 7.32. The molecule has 7 nitrogen and oxygen atoms in total. The number of amides is 1. The van der Waals surface area contributed by atoms with Crippen molar-refractivity contribution < 1.29 is 28.5 Å². The Morgan fingerprint density at radius 2 is 1.83 bits per heavy atom. The van der Waals surface area contributed by atoms with Gasteiger partial charge in [-0.2, -0.15) is 0 Å². The van der Waals surface area contributed by atoms with Crippen LogP contribution in [0.4, 0.5) is 0 Å². The van der Waals surface area contributed by atoms with Crippen LogP contribution in [-0.4, -0.2) is 38.3 Å². The average Bonchev–Trinajstić information content (AvgIpc) is 2.77. The largest absolute Gasteiger partial charge is 0.494 e. The van der Waals surface area contributed by atoms with Gasteiger partial charge in [-0.25, -0.2) is 4.79 Å². The molecule has 0 aromatic heterocycles. The number of carbonyl (C=O) groups is 2. The summed E-state index contributed by atoms with van der Waals surface area (Å²) in [7, 11) is 0. The van der Waals surface area contributed by atoms with Gasteiger partial charge in [0, 0.05) is 6.08 Å². The van der Waals surface area contributed by atoms with Crippen LogP contribution in [0.25, 0.3) is 6.08 Å². The van der Waals surface area contributed by atoms with Crippen LogP contribution in [0.1, 0.15) is 31.0 Å². The third-order valence-corrected chi connectivity index (χ3v) is 4.39. The topological polar surface area (TPSA) is 83.1 Å². The highest BCUT2D eigenvalue weighted by molar-refractivity contribution is 5.89. The molecule has 0 aliphatic carbocycles. The smallest absolute Gasteiger partial charge is 0.331 e. The van der Waals surface area contributed by atoms with Crippen molar-refractivity contribution in [1.82, 2.24) is 5.32 Å². The first kappa shape index (κ1) is 21.2. The summed E-state index contributed by atoms with van der Waals surface area (Å²) in [6.45, 7) is 5.01. The van der Waals surface area contributed by atoms with E-state index in [9.17, 15) is 9.59 Å². The molecule has 158 valence electrons. The minimum atomic E-state index is -0.592. The van der Waals surface area contributed by atoms with Crippen molar-refractivity contribution in [2.24, 2.45) is 0 Å². The molecule has 0 saturated carbocycles. The lowest BCUT2D eigenvalue weighted by atomic mass is 10.1. The van der Waals surface area contributed by atoms with E-state index in [-0.39, 0.29) is 18.6 Å². The number of hydrogen-bond donors (Lipinski definition) is 1. The number of fused-ring (bicyclic) bond motifs is 1. The zero-order valence-electron chi connectivity index (χ0n) is 17.1. The maximum Gasteiger partial charge on any atom is 0.331 e. The molecule has 0 fully saturated rings. The predicted molar refractivity (Wildman–Crippen MR) is 112 cm³/mol. The second kappa shape index (κ2) is 10.3. The maximum atomic E-state index is 12.1. The molecule has 3 rings (SSSR count). The average molecular weight is 411 g/mol. The Balaban J connectivity index is 1.45. The van der Waals surface area contributed by atoms with E-state index in [1.807, 2.05) is 56.3 Å². The quantitative estimate of drug-likeness (QED) is 0.530. The number of carbonyl (C=O) groups excluding carboxylic acids is 2. The zero-order chi connectivity index (χ0) is 21.3. The van der Waals surface area contributed by atoms with Crippen molar-refractivity contribution in [2.75, 3.05) is 26.4 Å². The first-order valence-corrected chi connectivity index (χ1v) is 9.81. The van der Waals surface area contributed by atoms with Gasteiger partial charge in [0.1, 0.15) is 19.0 Å². The fraction of sp³-hybridized carbons (Fsp3) is 0.304. The molecule has 1 atom stereocenters. The molecular formula is C23H25NO6. The highest BCUT2D eigenvalue weighted by Crippen LogP contribution is 2.32. The normalized spacial score (nSPS) is 13.5. The minimum absolute atomic E-state index is 0.272. The molecule has 30 heavy (non-hydrogen) atoms. The molecule has 2 aromatic rings. The van der Waals surface area contributed by atoms with Gasteiger partial charge in [-0.1, -0.05) is 18.2 Å². The molecule has 0 bridgehead atoms. The molecule has 1 heterocycles. The Labute approximate surface area is 175 Å². The Morgan fingerprint density at radius 1 is 1.10 bits per heavy atom. The van der Waals surface area contributed by atoms with Gasteiger partial charge < -0.3 is 24.3 Å². The van der Waals surface area contributed by atoms with E-state index in [2.05, 4.69) is 5.32 Å². The molecule has 1 aliphatic rings. The fourth-order valence-electron chi connectivity index (χ4n) is 2.89. The minimum Gasteiger partial charge on any atom is -0.494 e. The number of nitrogens with one attached hydrogen (secondary N) is 1. The number of esters is 1. The van der Waals surface area contributed by atoms with Crippen molar-refractivity contribution in [3.8, 4) is 17.2 Å². The van der Waals surface area contributed by atoms with Crippen molar-refractivity contribution in [3.63, 3.8) is 0 Å². The zero-order valence-corrected chi connectivity index (χ0v) is 17.1. The Hall–Kier alpha value is -3.48. The third kappa shape index (κ3) is 6.01. The van der Waals surface area contributed by atoms with E-state index in [0.29, 0.717) is 31.3 Å². The molecule has 1 aliphatic heterocycles. The summed E-state index contributed by atoms with van der Waals surface area (Å²) >= 11 is 0. The van der Waals surface area contributed by atoms with E-state index >= 15 is 0 Å². The van der Waals surface area contributed by atoms with E-state index in [0.717, 1.165) is 16.9 Å². The maximum absolute atomic E-state index is 12.1. The highest BCUT2D eigenvalue weighted by Gasteiger charge is 2.16. The molecular weight excluding hydrogens is 386 g/mol. The van der Waals surface area contributed by atoms with Crippen LogP contribution >= 0.6 is 0 Å². The summed E-state index contributed by atoms with van der Waals surface area (Å²) in [5, 5.41) is 2.80. The van der Waals surface area contributed by atoms with Gasteiger partial charge >= 0.3 is 5.97 Å². The van der Waals surface area contributed by atoms with Crippen molar-refractivity contribution in [2.45, 2.75) is 19.9 Å². The predicted octanol–water partition coefficient (Wildman–Crippen LogP) is 3.29. The van der Waals surface area contributed by atoms with Gasteiger partial charge in [-0.15, -0.1) is 0 Å². The molecule has 1 amide bonds. The van der Waals surface area contributed by atoms with Crippen molar-refractivity contribution in [3.05, 3.63) is 59.7 Å². The first-order chi connectivity index (χ1) is 14.5. The van der Waals surface area contributed by atoms with E-state index in [1.165, 1.54) is 6.08 Å². The second-order valence-electron chi connectivity index (χ2n) is 6.64. The number of ether oxygens (including phenoxy) is 4. The SMILES string of the molecule is CCOc1ccc(/C=C/C(=O)OCC(=O)N[C@@H](C)c2ccc3c(c2)OCCO3)cc1. The Morgan fingerprint density at radius 3 is 2.57 bits per heavy atom. The van der Waals surface area contributed by atoms with Gasteiger partial charge in [-0.3, -0.25) is 4.79 Å². The van der Waals surface area contributed by atoms with Gasteiger partial charge in [0.25, 0.3) is 5.91 Å². The molecule has 0 unspecified atom stereocenters. The van der Waals surface area contributed by atoms with Crippen LogP contribution in [0.15, 0.2) is 48.5 Å². The lowest BCUT2D eigenvalue weighted by Gasteiger charge is -2.21. The number of rotatable bonds is 8. The monoisotopic (exact) mass is 411 g/mol. The van der Waals surface area contributed by atoms with E-state index in [1.54, 1.807) is 6.08 Å². The Bertz CT molecular complexity index is 906. The van der Waals surface area contributed by atoms with Crippen LogP contribution in [0, 0.1) is 0 Å². The van der Waals surface area contributed by atoms with E-state index in [4.69, 9.17) is 18.9 Å². The summed E-state index contributed by atoms with van der Waals surface area (Å²) in [6.07, 6.45) is 2.90. The number of hydrogen-bond acceptors (Lipinski definition) is 6. The van der Waals surface area contributed by atoms with Crippen LogP contribution < -0.4 is 19.5 Å². The molecule has 0 spiro atoms. The first-order valence-electron chi connectivity index (χ1n) is 9.81. The lowest BCUT2D eigenvalue weighted by Crippen LogP contribution is -2.31. The highest BCUT2D eigenvalue weighted by atomic mass is 16.6. The van der Waals surface area contributed by atoms with Crippen molar-refractivity contribution >= 4 is 18.0 Å². The van der Waals surface area contributed by atoms with E-state index < -0.39 is 5.97 Å². The molecule has 0 saturated heterocycles. The number of benzene rings is 2. The summed E-state index contributed by atoms with van der Waals surface area (Å²) in [6, 6.07) is 12.6. The second-order valence-corrected chi connectivity index (χ2v) is 6.64. The molecule has 0 radical (unpaired) electrons. The summed E-state index contributed by atoms with van der Waals surface area (Å²) in [5.41, 5.74) is 1.70.